The predicted molar refractivity (Wildman–Crippen MR) is 118 cm³/mol. The third kappa shape index (κ3) is 4.03. The van der Waals surface area contributed by atoms with Gasteiger partial charge in [-0.25, -0.2) is 0 Å². The molecule has 6 heteroatoms. The fourth-order valence-corrected chi connectivity index (χ4v) is 3.83. The first-order valence-corrected chi connectivity index (χ1v) is 9.95. The third-order valence-electron chi connectivity index (χ3n) is 5.60. The van der Waals surface area contributed by atoms with E-state index >= 15 is 0 Å². The first kappa shape index (κ1) is 19.2. The molecule has 150 valence electrons. The maximum absolute atomic E-state index is 12.7. The smallest absolute Gasteiger partial charge is 0.252 e. The van der Waals surface area contributed by atoms with Gasteiger partial charge in [0.1, 0.15) is 5.84 Å². The Bertz CT molecular complexity index is 1100. The van der Waals surface area contributed by atoms with Crippen molar-refractivity contribution < 1.29 is 4.74 Å². The molecule has 3 aromatic rings. The van der Waals surface area contributed by atoms with Gasteiger partial charge in [0.25, 0.3) is 5.56 Å². The second kappa shape index (κ2) is 8.09. The average molecular weight is 390 g/mol. The number of hydrogen-bond acceptors (Lipinski definition) is 4. The Labute approximate surface area is 169 Å². The molecule has 0 bridgehead atoms. The van der Waals surface area contributed by atoms with E-state index in [1.165, 1.54) is 0 Å². The quantitative estimate of drug-likeness (QED) is 0.361. The summed E-state index contributed by atoms with van der Waals surface area (Å²) in [7, 11) is 0. The number of fused-ring (bicyclic) bond motifs is 1. The Hall–Kier alpha value is -3.12. The molecule has 6 nitrogen and oxygen atoms in total. The van der Waals surface area contributed by atoms with Crippen molar-refractivity contribution in [2.45, 2.75) is 31.7 Å². The van der Waals surface area contributed by atoms with Crippen LogP contribution in [0.3, 0.4) is 0 Å². The number of pyridine rings is 1. The first-order valence-electron chi connectivity index (χ1n) is 9.95. The van der Waals surface area contributed by atoms with Crippen molar-refractivity contribution in [2.24, 2.45) is 10.7 Å². The van der Waals surface area contributed by atoms with Crippen molar-refractivity contribution in [2.75, 3.05) is 18.9 Å². The lowest BCUT2D eigenvalue weighted by atomic mass is 9.93. The lowest BCUT2D eigenvalue weighted by Crippen LogP contribution is -2.24. The monoisotopic (exact) mass is 390 g/mol. The van der Waals surface area contributed by atoms with Crippen LogP contribution in [-0.2, 0) is 4.74 Å². The van der Waals surface area contributed by atoms with Gasteiger partial charge in [0.15, 0.2) is 0 Å². The molecule has 2 heterocycles. The number of H-pyrrole nitrogens is 1. The highest BCUT2D eigenvalue weighted by molar-refractivity contribution is 6.05. The molecule has 0 saturated carbocycles. The van der Waals surface area contributed by atoms with E-state index in [0.717, 1.165) is 23.8 Å². The molecule has 0 aliphatic carbocycles. The van der Waals surface area contributed by atoms with Crippen molar-refractivity contribution in [3.8, 4) is 0 Å². The number of nitrogens with zero attached hydrogens (tertiary/aromatic N) is 1. The summed E-state index contributed by atoms with van der Waals surface area (Å²) in [5, 5.41) is 0.886. The van der Waals surface area contributed by atoms with Crippen LogP contribution in [0.5, 0.6) is 0 Å². The summed E-state index contributed by atoms with van der Waals surface area (Å²) < 4.78 is 5.38. The van der Waals surface area contributed by atoms with E-state index in [0.29, 0.717) is 41.4 Å². The summed E-state index contributed by atoms with van der Waals surface area (Å²) >= 11 is 0. The van der Waals surface area contributed by atoms with E-state index in [1.807, 2.05) is 49.4 Å². The number of aromatic nitrogens is 1. The highest BCUT2D eigenvalue weighted by Crippen LogP contribution is 2.26. The van der Waals surface area contributed by atoms with Crippen molar-refractivity contribution in [1.29, 1.82) is 0 Å². The van der Waals surface area contributed by atoms with Crippen LogP contribution in [-0.4, -0.2) is 30.1 Å². The van der Waals surface area contributed by atoms with Crippen molar-refractivity contribution in [1.82, 2.24) is 4.98 Å². The van der Waals surface area contributed by atoms with Crippen LogP contribution in [0, 0.1) is 0 Å². The van der Waals surface area contributed by atoms with Gasteiger partial charge in [-0.2, -0.15) is 0 Å². The fourth-order valence-electron chi connectivity index (χ4n) is 3.83. The zero-order valence-electron chi connectivity index (χ0n) is 16.5. The normalized spacial score (nSPS) is 16.8. The number of nitrogens with one attached hydrogen (secondary N) is 1. The van der Waals surface area contributed by atoms with Gasteiger partial charge >= 0.3 is 0 Å². The molecule has 2 aromatic carbocycles. The Kier molecular flexibility index (Phi) is 5.36. The minimum atomic E-state index is -0.107. The number of hydrogen-bond donors (Lipinski definition) is 3. The van der Waals surface area contributed by atoms with Gasteiger partial charge in [-0.15, -0.1) is 0 Å². The molecule has 1 atom stereocenters. The zero-order chi connectivity index (χ0) is 20.4. The number of nitrogens with two attached hydrogens (primary N) is 2. The van der Waals surface area contributed by atoms with Crippen LogP contribution < -0.4 is 17.0 Å². The summed E-state index contributed by atoms with van der Waals surface area (Å²) in [5.41, 5.74) is 16.1. The second-order valence-corrected chi connectivity index (χ2v) is 7.57. The lowest BCUT2D eigenvalue weighted by molar-refractivity contribution is 0.0871. The number of amidine groups is 1. The van der Waals surface area contributed by atoms with Crippen LogP contribution in [0.15, 0.2) is 58.3 Å². The Balaban J connectivity index is 1.74. The molecule has 4 rings (SSSR count). The number of anilines is 1. The summed E-state index contributed by atoms with van der Waals surface area (Å²) in [6.45, 7) is 3.44. The number of ether oxygens (including phenoxy) is 1. The summed E-state index contributed by atoms with van der Waals surface area (Å²) in [4.78, 5) is 20.3. The number of benzene rings is 2. The van der Waals surface area contributed by atoms with Gasteiger partial charge in [0, 0.05) is 35.9 Å². The topological polar surface area (TPSA) is 106 Å². The van der Waals surface area contributed by atoms with Crippen LogP contribution in [0.2, 0.25) is 0 Å². The predicted octanol–water partition coefficient (Wildman–Crippen LogP) is 3.15. The van der Waals surface area contributed by atoms with E-state index in [2.05, 4.69) is 9.98 Å². The average Bonchev–Trinajstić information content (AvgIpc) is 2.73. The second-order valence-electron chi connectivity index (χ2n) is 7.57. The molecule has 0 radical (unpaired) electrons. The first-order chi connectivity index (χ1) is 14.0. The molecule has 5 N–H and O–H groups in total. The largest absolute Gasteiger partial charge is 0.398 e. The highest BCUT2D eigenvalue weighted by Gasteiger charge is 2.17. The lowest BCUT2D eigenvalue weighted by Gasteiger charge is -2.19. The molecule has 0 amide bonds. The Morgan fingerprint density at radius 2 is 1.90 bits per heavy atom. The van der Waals surface area contributed by atoms with Crippen LogP contribution in [0.25, 0.3) is 10.9 Å². The molecule has 1 fully saturated rings. The van der Waals surface area contributed by atoms with Gasteiger partial charge in [-0.05, 0) is 42.0 Å². The van der Waals surface area contributed by atoms with Gasteiger partial charge in [-0.1, -0.05) is 37.3 Å². The third-order valence-corrected chi connectivity index (χ3v) is 5.60. The molecule has 1 aromatic heterocycles. The minimum absolute atomic E-state index is 0.0291. The summed E-state index contributed by atoms with van der Waals surface area (Å²) in [6.07, 6.45) is 1.72. The van der Waals surface area contributed by atoms with E-state index in [-0.39, 0.29) is 17.5 Å². The molecule has 1 saturated heterocycles. The summed E-state index contributed by atoms with van der Waals surface area (Å²) in [6, 6.07) is 15.7. The SMILES string of the molecule is CC(c1ccccc1)c1cc2cc(C(N)=NC3CCOCC3)c(N)cc2[nH]c1=O. The highest BCUT2D eigenvalue weighted by atomic mass is 16.5. The standard InChI is InChI=1S/C23H26N4O2/c1-14(15-5-3-2-4-6-15)18-11-16-12-19(20(24)13-21(16)27-23(18)28)22(25)26-17-7-9-29-10-8-17/h2-6,11-14,17H,7-10,24H2,1H3,(H2,25,26)(H,27,28). The molecule has 0 spiro atoms. The Morgan fingerprint density at radius 1 is 1.17 bits per heavy atom. The van der Waals surface area contributed by atoms with Gasteiger partial charge in [0.2, 0.25) is 0 Å². The number of nitrogen functional groups attached to an aromatic ring is 1. The van der Waals surface area contributed by atoms with Crippen LogP contribution in [0.1, 0.15) is 42.4 Å². The van der Waals surface area contributed by atoms with Gasteiger partial charge in [-0.3, -0.25) is 9.79 Å². The number of aromatic amines is 1. The van der Waals surface area contributed by atoms with E-state index < -0.39 is 0 Å². The van der Waals surface area contributed by atoms with Crippen LogP contribution >= 0.6 is 0 Å². The number of aliphatic imine (C=N–C) groups is 1. The van der Waals surface area contributed by atoms with E-state index in [4.69, 9.17) is 16.2 Å². The Morgan fingerprint density at radius 3 is 2.62 bits per heavy atom. The van der Waals surface area contributed by atoms with Gasteiger partial charge in [0.05, 0.1) is 11.6 Å². The zero-order valence-corrected chi connectivity index (χ0v) is 16.5. The molecular formula is C23H26N4O2. The fraction of sp³-hybridized carbons (Fsp3) is 0.304. The van der Waals surface area contributed by atoms with Gasteiger partial charge < -0.3 is 21.2 Å². The molecule has 1 aliphatic heterocycles. The molecule has 29 heavy (non-hydrogen) atoms. The van der Waals surface area contributed by atoms with Crippen molar-refractivity contribution in [3.05, 3.63) is 75.6 Å². The number of rotatable bonds is 4. The minimum Gasteiger partial charge on any atom is -0.398 e. The summed E-state index contributed by atoms with van der Waals surface area (Å²) in [5.74, 6) is 0.402. The molecule has 1 unspecified atom stereocenters. The van der Waals surface area contributed by atoms with Crippen LogP contribution in [0.4, 0.5) is 5.69 Å². The maximum Gasteiger partial charge on any atom is 0.252 e. The van der Waals surface area contributed by atoms with E-state index in [9.17, 15) is 4.79 Å². The maximum atomic E-state index is 12.7. The molecular weight excluding hydrogens is 364 g/mol. The van der Waals surface area contributed by atoms with Crippen molar-refractivity contribution >= 4 is 22.4 Å². The van der Waals surface area contributed by atoms with Crippen molar-refractivity contribution in [3.63, 3.8) is 0 Å². The molecule has 1 aliphatic rings. The van der Waals surface area contributed by atoms with E-state index in [1.54, 1.807) is 6.07 Å².